The highest BCUT2D eigenvalue weighted by molar-refractivity contribution is 4.70. The molecule has 0 saturated heterocycles. The first-order valence-corrected chi connectivity index (χ1v) is 6.27. The average Bonchev–Trinajstić information content (AvgIpc) is 2.25. The standard InChI is InChI=1S/C12H23F4NO/c1-4-5-10(7-17-6-9(2)3)18-8-12(15,16)11(13)14/h9-11,17H,4-8H2,1-3H3. The van der Waals surface area contributed by atoms with Crippen molar-refractivity contribution in [2.24, 2.45) is 5.92 Å². The third-order valence-electron chi connectivity index (χ3n) is 2.37. The monoisotopic (exact) mass is 273 g/mol. The quantitative estimate of drug-likeness (QED) is 0.617. The van der Waals surface area contributed by atoms with E-state index in [1.54, 1.807) is 0 Å². The lowest BCUT2D eigenvalue weighted by molar-refractivity contribution is -0.176. The summed E-state index contributed by atoms with van der Waals surface area (Å²) in [5, 5.41) is 3.08. The van der Waals surface area contributed by atoms with Gasteiger partial charge in [-0.1, -0.05) is 27.2 Å². The van der Waals surface area contributed by atoms with Crippen molar-refractivity contribution in [3.8, 4) is 0 Å². The molecule has 1 N–H and O–H groups in total. The summed E-state index contributed by atoms with van der Waals surface area (Å²) in [7, 11) is 0. The molecule has 1 atom stereocenters. The number of rotatable bonds is 10. The van der Waals surface area contributed by atoms with Crippen LogP contribution in [-0.2, 0) is 4.74 Å². The number of hydrogen-bond acceptors (Lipinski definition) is 2. The number of ether oxygens (including phenoxy) is 1. The lowest BCUT2D eigenvalue weighted by Gasteiger charge is -2.22. The van der Waals surface area contributed by atoms with Crippen LogP contribution in [0.1, 0.15) is 33.6 Å². The van der Waals surface area contributed by atoms with Crippen molar-refractivity contribution >= 4 is 0 Å². The molecule has 0 spiro atoms. The van der Waals surface area contributed by atoms with Gasteiger partial charge in [0, 0.05) is 6.54 Å². The van der Waals surface area contributed by atoms with Crippen LogP contribution in [0.5, 0.6) is 0 Å². The summed E-state index contributed by atoms with van der Waals surface area (Å²) in [4.78, 5) is 0. The molecule has 0 aliphatic heterocycles. The maximum Gasteiger partial charge on any atom is 0.330 e. The van der Waals surface area contributed by atoms with Crippen LogP contribution in [-0.4, -0.2) is 38.1 Å². The Labute approximate surface area is 106 Å². The van der Waals surface area contributed by atoms with E-state index >= 15 is 0 Å². The van der Waals surface area contributed by atoms with Crippen LogP contribution in [0.25, 0.3) is 0 Å². The fraction of sp³-hybridized carbons (Fsp3) is 1.00. The predicted octanol–water partition coefficient (Wildman–Crippen LogP) is 3.32. The SMILES string of the molecule is CCCC(CNCC(C)C)OCC(F)(F)C(F)F. The van der Waals surface area contributed by atoms with E-state index in [9.17, 15) is 17.6 Å². The normalized spacial score (nSPS) is 14.5. The molecule has 0 aromatic rings. The Bertz CT molecular complexity index is 212. The van der Waals surface area contributed by atoms with Crippen LogP contribution >= 0.6 is 0 Å². The van der Waals surface area contributed by atoms with Crippen LogP contribution in [0.3, 0.4) is 0 Å². The zero-order chi connectivity index (χ0) is 14.2. The maximum atomic E-state index is 12.7. The van der Waals surface area contributed by atoms with Gasteiger partial charge in [-0.05, 0) is 18.9 Å². The van der Waals surface area contributed by atoms with Gasteiger partial charge in [0.25, 0.3) is 0 Å². The second-order valence-electron chi connectivity index (χ2n) is 4.84. The Hall–Kier alpha value is -0.360. The molecule has 0 aliphatic rings. The van der Waals surface area contributed by atoms with Gasteiger partial charge in [-0.15, -0.1) is 0 Å². The molecule has 0 heterocycles. The molecule has 0 aliphatic carbocycles. The first kappa shape index (κ1) is 17.6. The van der Waals surface area contributed by atoms with E-state index < -0.39 is 25.1 Å². The molecule has 6 heteroatoms. The van der Waals surface area contributed by atoms with Crippen molar-refractivity contribution < 1.29 is 22.3 Å². The molecule has 0 fully saturated rings. The van der Waals surface area contributed by atoms with Gasteiger partial charge in [-0.2, -0.15) is 8.78 Å². The smallest absolute Gasteiger partial charge is 0.330 e. The molecule has 0 radical (unpaired) electrons. The van der Waals surface area contributed by atoms with E-state index in [1.807, 2.05) is 20.8 Å². The van der Waals surface area contributed by atoms with Gasteiger partial charge in [0.15, 0.2) is 0 Å². The number of nitrogens with one attached hydrogen (secondary N) is 1. The van der Waals surface area contributed by atoms with Gasteiger partial charge in [0.05, 0.1) is 6.10 Å². The Balaban J connectivity index is 4.03. The topological polar surface area (TPSA) is 21.3 Å². The van der Waals surface area contributed by atoms with E-state index in [0.29, 0.717) is 18.9 Å². The van der Waals surface area contributed by atoms with Gasteiger partial charge < -0.3 is 10.1 Å². The van der Waals surface area contributed by atoms with Gasteiger partial charge in [-0.3, -0.25) is 0 Å². The van der Waals surface area contributed by atoms with E-state index in [1.165, 1.54) is 0 Å². The summed E-state index contributed by atoms with van der Waals surface area (Å²) in [5.74, 6) is -3.63. The first-order valence-electron chi connectivity index (χ1n) is 6.27. The molecule has 0 amide bonds. The largest absolute Gasteiger partial charge is 0.370 e. The van der Waals surface area contributed by atoms with E-state index in [4.69, 9.17) is 4.74 Å². The fourth-order valence-corrected chi connectivity index (χ4v) is 1.39. The van der Waals surface area contributed by atoms with Crippen molar-refractivity contribution in [2.45, 2.75) is 52.1 Å². The molecule has 0 rings (SSSR count). The third-order valence-corrected chi connectivity index (χ3v) is 2.37. The molecule has 0 saturated carbocycles. The van der Waals surface area contributed by atoms with Crippen LogP contribution in [0.2, 0.25) is 0 Å². The predicted molar refractivity (Wildman–Crippen MR) is 63.3 cm³/mol. The Kier molecular flexibility index (Phi) is 8.52. The molecule has 110 valence electrons. The number of hydrogen-bond donors (Lipinski definition) is 1. The highest BCUT2D eigenvalue weighted by Crippen LogP contribution is 2.23. The summed E-state index contributed by atoms with van der Waals surface area (Å²) in [5.41, 5.74) is 0. The molecule has 1 unspecified atom stereocenters. The van der Waals surface area contributed by atoms with Crippen molar-refractivity contribution in [3.63, 3.8) is 0 Å². The third kappa shape index (κ3) is 7.87. The fourth-order valence-electron chi connectivity index (χ4n) is 1.39. The van der Waals surface area contributed by atoms with Crippen LogP contribution in [0.4, 0.5) is 17.6 Å². The van der Waals surface area contributed by atoms with Crippen molar-refractivity contribution in [3.05, 3.63) is 0 Å². The van der Waals surface area contributed by atoms with Crippen molar-refractivity contribution in [2.75, 3.05) is 19.7 Å². The second kappa shape index (κ2) is 8.69. The number of alkyl halides is 4. The van der Waals surface area contributed by atoms with Crippen molar-refractivity contribution in [1.29, 1.82) is 0 Å². The molecule has 0 aromatic heterocycles. The minimum Gasteiger partial charge on any atom is -0.370 e. The summed E-state index contributed by atoms with van der Waals surface area (Å²) < 4.78 is 54.2. The van der Waals surface area contributed by atoms with Gasteiger partial charge in [-0.25, -0.2) is 8.78 Å². The average molecular weight is 273 g/mol. The molecule has 0 aromatic carbocycles. The minimum absolute atomic E-state index is 0.408. The zero-order valence-electron chi connectivity index (χ0n) is 11.2. The second-order valence-corrected chi connectivity index (χ2v) is 4.84. The van der Waals surface area contributed by atoms with E-state index in [0.717, 1.165) is 13.0 Å². The summed E-state index contributed by atoms with van der Waals surface area (Å²) in [6, 6.07) is 0. The highest BCUT2D eigenvalue weighted by atomic mass is 19.3. The van der Waals surface area contributed by atoms with Gasteiger partial charge >= 0.3 is 12.3 Å². The Morgan fingerprint density at radius 2 is 1.78 bits per heavy atom. The van der Waals surface area contributed by atoms with E-state index in [-0.39, 0.29) is 0 Å². The van der Waals surface area contributed by atoms with Gasteiger partial charge in [0.1, 0.15) is 6.61 Å². The summed E-state index contributed by atoms with van der Waals surface area (Å²) in [6.07, 6.45) is -2.79. The molecular formula is C12H23F4NO. The molecule has 0 bridgehead atoms. The molecule has 18 heavy (non-hydrogen) atoms. The lowest BCUT2D eigenvalue weighted by atomic mass is 10.2. The van der Waals surface area contributed by atoms with Crippen molar-refractivity contribution in [1.82, 2.24) is 5.32 Å². The zero-order valence-corrected chi connectivity index (χ0v) is 11.2. The highest BCUT2D eigenvalue weighted by Gasteiger charge is 2.41. The Morgan fingerprint density at radius 3 is 2.22 bits per heavy atom. The maximum absolute atomic E-state index is 12.7. The molecular weight excluding hydrogens is 250 g/mol. The minimum atomic E-state index is -4.07. The van der Waals surface area contributed by atoms with Crippen LogP contribution < -0.4 is 5.32 Å². The number of halogens is 4. The summed E-state index contributed by atoms with van der Waals surface area (Å²) in [6.45, 7) is 5.87. The summed E-state index contributed by atoms with van der Waals surface area (Å²) >= 11 is 0. The first-order chi connectivity index (χ1) is 8.29. The lowest BCUT2D eigenvalue weighted by Crippen LogP contribution is -2.38. The van der Waals surface area contributed by atoms with Crippen LogP contribution in [0.15, 0.2) is 0 Å². The van der Waals surface area contributed by atoms with Crippen LogP contribution in [0, 0.1) is 5.92 Å². The van der Waals surface area contributed by atoms with Gasteiger partial charge in [0.2, 0.25) is 0 Å². The van der Waals surface area contributed by atoms with E-state index in [2.05, 4.69) is 5.32 Å². The Morgan fingerprint density at radius 1 is 1.17 bits per heavy atom. The molecule has 2 nitrogen and oxygen atoms in total.